The number of guanidine groups is 1. The molecule has 0 aromatic heterocycles. The summed E-state index contributed by atoms with van der Waals surface area (Å²) in [5.41, 5.74) is -0.203. The SMILES string of the molecule is CN=C(NCCCCCCC(C)C)NCC(=O)NC(C)(C)C. The van der Waals surface area contributed by atoms with Gasteiger partial charge < -0.3 is 16.0 Å². The van der Waals surface area contributed by atoms with Gasteiger partial charge in [0.1, 0.15) is 0 Å². The summed E-state index contributed by atoms with van der Waals surface area (Å²) in [5.74, 6) is 1.47. The maximum atomic E-state index is 11.7. The van der Waals surface area contributed by atoms with E-state index in [1.807, 2.05) is 20.8 Å². The first-order chi connectivity index (χ1) is 10.2. The summed E-state index contributed by atoms with van der Waals surface area (Å²) >= 11 is 0. The highest BCUT2D eigenvalue weighted by atomic mass is 16.2. The molecule has 1 amide bonds. The van der Waals surface area contributed by atoms with Gasteiger partial charge in [0.2, 0.25) is 5.91 Å². The van der Waals surface area contributed by atoms with Crippen molar-refractivity contribution in [2.24, 2.45) is 10.9 Å². The molecule has 0 saturated heterocycles. The number of rotatable bonds is 9. The molecule has 0 unspecified atom stereocenters. The lowest BCUT2D eigenvalue weighted by atomic mass is 10.0. The Hall–Kier alpha value is -1.26. The van der Waals surface area contributed by atoms with Crippen LogP contribution < -0.4 is 16.0 Å². The van der Waals surface area contributed by atoms with Crippen LogP contribution in [0.3, 0.4) is 0 Å². The van der Waals surface area contributed by atoms with E-state index in [1.165, 1.54) is 25.7 Å². The van der Waals surface area contributed by atoms with E-state index in [9.17, 15) is 4.79 Å². The van der Waals surface area contributed by atoms with Crippen LogP contribution >= 0.6 is 0 Å². The highest BCUT2D eigenvalue weighted by molar-refractivity contribution is 5.86. The molecule has 0 rings (SSSR count). The smallest absolute Gasteiger partial charge is 0.239 e. The van der Waals surface area contributed by atoms with Crippen LogP contribution in [0, 0.1) is 5.92 Å². The number of nitrogens with one attached hydrogen (secondary N) is 3. The molecule has 0 saturated carbocycles. The van der Waals surface area contributed by atoms with E-state index in [0.29, 0.717) is 5.96 Å². The molecule has 0 spiro atoms. The van der Waals surface area contributed by atoms with Gasteiger partial charge in [0.25, 0.3) is 0 Å². The third-order valence-electron chi connectivity index (χ3n) is 3.16. The molecule has 3 N–H and O–H groups in total. The van der Waals surface area contributed by atoms with Crippen LogP contribution in [0.2, 0.25) is 0 Å². The van der Waals surface area contributed by atoms with Crippen molar-refractivity contribution in [2.45, 2.75) is 72.3 Å². The second-order valence-corrected chi connectivity index (χ2v) is 7.25. The minimum absolute atomic E-state index is 0.0239. The van der Waals surface area contributed by atoms with Gasteiger partial charge in [-0.2, -0.15) is 0 Å². The summed E-state index contributed by atoms with van der Waals surface area (Å²) < 4.78 is 0. The summed E-state index contributed by atoms with van der Waals surface area (Å²) in [6, 6.07) is 0. The second kappa shape index (κ2) is 11.3. The monoisotopic (exact) mass is 312 g/mol. The van der Waals surface area contributed by atoms with Crippen molar-refractivity contribution >= 4 is 11.9 Å². The summed E-state index contributed by atoms with van der Waals surface area (Å²) in [6.45, 7) is 11.6. The number of carbonyl (C=O) groups excluding carboxylic acids is 1. The van der Waals surface area contributed by atoms with Crippen molar-refractivity contribution < 1.29 is 4.79 Å². The molecule has 5 heteroatoms. The Morgan fingerprint density at radius 1 is 1.05 bits per heavy atom. The molecule has 0 aromatic carbocycles. The van der Waals surface area contributed by atoms with Crippen molar-refractivity contribution in [1.82, 2.24) is 16.0 Å². The van der Waals surface area contributed by atoms with Crippen molar-refractivity contribution in [2.75, 3.05) is 20.1 Å². The maximum Gasteiger partial charge on any atom is 0.239 e. The number of hydrogen-bond acceptors (Lipinski definition) is 2. The maximum absolute atomic E-state index is 11.7. The number of amides is 1. The summed E-state index contributed by atoms with van der Waals surface area (Å²) in [4.78, 5) is 15.9. The molecule has 0 aliphatic carbocycles. The van der Waals surface area contributed by atoms with E-state index in [1.54, 1.807) is 7.05 Å². The van der Waals surface area contributed by atoms with Crippen LogP contribution in [0.4, 0.5) is 0 Å². The predicted molar refractivity (Wildman–Crippen MR) is 95.2 cm³/mol. The molecule has 0 radical (unpaired) electrons. The van der Waals surface area contributed by atoms with E-state index in [0.717, 1.165) is 18.9 Å². The Balaban J connectivity index is 3.70. The largest absolute Gasteiger partial charge is 0.356 e. The van der Waals surface area contributed by atoms with Crippen molar-refractivity contribution in [3.8, 4) is 0 Å². The van der Waals surface area contributed by atoms with Gasteiger partial charge in [-0.15, -0.1) is 0 Å². The third kappa shape index (κ3) is 13.7. The van der Waals surface area contributed by atoms with Crippen LogP contribution in [0.25, 0.3) is 0 Å². The zero-order valence-electron chi connectivity index (χ0n) is 15.4. The van der Waals surface area contributed by atoms with Gasteiger partial charge >= 0.3 is 0 Å². The minimum atomic E-state index is -0.203. The molecule has 130 valence electrons. The molecule has 0 fully saturated rings. The lowest BCUT2D eigenvalue weighted by Crippen LogP contribution is -2.48. The fraction of sp³-hybridized carbons (Fsp3) is 0.882. The number of aliphatic imine (C=N–C) groups is 1. The molecule has 22 heavy (non-hydrogen) atoms. The average Bonchev–Trinajstić information content (AvgIpc) is 2.38. The standard InChI is InChI=1S/C17H36N4O/c1-14(2)11-9-7-8-10-12-19-16(18-6)20-13-15(22)21-17(3,4)5/h14H,7-13H2,1-6H3,(H,21,22)(H2,18,19,20). The molecule has 0 aliphatic rings. The normalized spacial score (nSPS) is 12.4. The van der Waals surface area contributed by atoms with Gasteiger partial charge in [-0.3, -0.25) is 9.79 Å². The number of unbranched alkanes of at least 4 members (excludes halogenated alkanes) is 3. The summed E-state index contributed by atoms with van der Waals surface area (Å²) in [7, 11) is 1.72. The fourth-order valence-corrected chi connectivity index (χ4v) is 2.08. The van der Waals surface area contributed by atoms with E-state index >= 15 is 0 Å². The first-order valence-electron chi connectivity index (χ1n) is 8.50. The topological polar surface area (TPSA) is 65.5 Å². The second-order valence-electron chi connectivity index (χ2n) is 7.25. The van der Waals surface area contributed by atoms with Gasteiger partial charge in [0, 0.05) is 19.1 Å². The van der Waals surface area contributed by atoms with Crippen LogP contribution in [0.15, 0.2) is 4.99 Å². The molecule has 5 nitrogen and oxygen atoms in total. The van der Waals surface area contributed by atoms with Crippen LogP contribution in [0.5, 0.6) is 0 Å². The van der Waals surface area contributed by atoms with Gasteiger partial charge in [-0.1, -0.05) is 39.5 Å². The highest BCUT2D eigenvalue weighted by Gasteiger charge is 2.13. The van der Waals surface area contributed by atoms with Crippen molar-refractivity contribution in [1.29, 1.82) is 0 Å². The molecule has 0 bridgehead atoms. The van der Waals surface area contributed by atoms with Gasteiger partial charge in [-0.25, -0.2) is 0 Å². The van der Waals surface area contributed by atoms with E-state index < -0.39 is 0 Å². The summed E-state index contributed by atoms with van der Waals surface area (Å²) in [6.07, 6.45) is 6.30. The Kier molecular flexibility index (Phi) is 10.7. The van der Waals surface area contributed by atoms with Crippen molar-refractivity contribution in [3.63, 3.8) is 0 Å². The molecule has 0 atom stereocenters. The van der Waals surface area contributed by atoms with Crippen molar-refractivity contribution in [3.05, 3.63) is 0 Å². The number of hydrogen-bond donors (Lipinski definition) is 3. The first-order valence-corrected chi connectivity index (χ1v) is 8.50. The van der Waals surface area contributed by atoms with E-state index in [-0.39, 0.29) is 18.0 Å². The Labute approximate surface area is 136 Å². The average molecular weight is 313 g/mol. The Bertz CT molecular complexity index is 332. The third-order valence-corrected chi connectivity index (χ3v) is 3.16. The number of carbonyl (C=O) groups is 1. The minimum Gasteiger partial charge on any atom is -0.356 e. The van der Waals surface area contributed by atoms with Gasteiger partial charge in [0.05, 0.1) is 6.54 Å². The lowest BCUT2D eigenvalue weighted by molar-refractivity contribution is -0.121. The molecule has 0 heterocycles. The van der Waals surface area contributed by atoms with E-state index in [4.69, 9.17) is 0 Å². The molecular weight excluding hydrogens is 276 g/mol. The lowest BCUT2D eigenvalue weighted by Gasteiger charge is -2.21. The van der Waals surface area contributed by atoms with Crippen LogP contribution in [-0.4, -0.2) is 37.5 Å². The quantitative estimate of drug-likeness (QED) is 0.348. The molecular formula is C17H36N4O. The predicted octanol–water partition coefficient (Wildman–Crippen LogP) is 2.67. The fourth-order valence-electron chi connectivity index (χ4n) is 2.08. The Morgan fingerprint density at radius 3 is 2.23 bits per heavy atom. The molecule has 0 aliphatic heterocycles. The Morgan fingerprint density at radius 2 is 1.68 bits per heavy atom. The van der Waals surface area contributed by atoms with Crippen LogP contribution in [-0.2, 0) is 4.79 Å². The van der Waals surface area contributed by atoms with Gasteiger partial charge in [0.15, 0.2) is 5.96 Å². The summed E-state index contributed by atoms with van der Waals surface area (Å²) in [5, 5.41) is 9.20. The zero-order chi connectivity index (χ0) is 17.0. The zero-order valence-corrected chi connectivity index (χ0v) is 15.4. The highest BCUT2D eigenvalue weighted by Crippen LogP contribution is 2.08. The molecule has 0 aromatic rings. The number of nitrogens with zero attached hydrogens (tertiary/aromatic N) is 1. The van der Waals surface area contributed by atoms with E-state index in [2.05, 4.69) is 34.8 Å². The van der Waals surface area contributed by atoms with Crippen LogP contribution in [0.1, 0.15) is 66.7 Å². The first kappa shape index (κ1) is 20.7. The van der Waals surface area contributed by atoms with Gasteiger partial charge in [-0.05, 0) is 33.1 Å².